The molecule has 0 saturated carbocycles. The lowest BCUT2D eigenvalue weighted by Crippen LogP contribution is -2.04. The third-order valence-corrected chi connectivity index (χ3v) is 3.07. The zero-order valence-corrected chi connectivity index (χ0v) is 10.4. The summed E-state index contributed by atoms with van der Waals surface area (Å²) in [5, 5.41) is 3.11. The van der Waals surface area contributed by atoms with Crippen LogP contribution < -0.4 is 5.32 Å². The van der Waals surface area contributed by atoms with Gasteiger partial charge in [-0.25, -0.2) is 4.98 Å². The Morgan fingerprint density at radius 1 is 1.50 bits per heavy atom. The van der Waals surface area contributed by atoms with Crippen LogP contribution in [0.1, 0.15) is 5.69 Å². The van der Waals surface area contributed by atoms with Crippen LogP contribution in [-0.4, -0.2) is 21.4 Å². The lowest BCUT2D eigenvalue weighted by Gasteiger charge is -1.93. The van der Waals surface area contributed by atoms with Gasteiger partial charge in [0.25, 0.3) is 0 Å². The number of aromatic amines is 1. The Morgan fingerprint density at radius 2 is 2.38 bits per heavy atom. The summed E-state index contributed by atoms with van der Waals surface area (Å²) in [7, 11) is 1.93. The fourth-order valence-electron chi connectivity index (χ4n) is 1.90. The van der Waals surface area contributed by atoms with Crippen molar-refractivity contribution in [3.63, 3.8) is 0 Å². The van der Waals surface area contributed by atoms with Crippen LogP contribution in [0.15, 0.2) is 28.9 Å². The Morgan fingerprint density at radius 3 is 3.19 bits per heavy atom. The maximum absolute atomic E-state index is 4.53. The molecule has 0 saturated heterocycles. The Labute approximate surface area is 101 Å². The number of imidazole rings is 2. The Balaban J connectivity index is 2.26. The summed E-state index contributed by atoms with van der Waals surface area (Å²) in [5.41, 5.74) is 3.25. The highest BCUT2D eigenvalue weighted by Gasteiger charge is 2.07. The van der Waals surface area contributed by atoms with Gasteiger partial charge in [0, 0.05) is 22.9 Å². The fourth-order valence-corrected chi connectivity index (χ4v) is 2.25. The monoisotopic (exact) mass is 278 g/mol. The maximum Gasteiger partial charge on any atom is 0.212 e. The van der Waals surface area contributed by atoms with Gasteiger partial charge in [0.05, 0.1) is 11.0 Å². The van der Waals surface area contributed by atoms with E-state index in [0.717, 1.165) is 33.5 Å². The molecule has 3 rings (SSSR count). The van der Waals surface area contributed by atoms with Gasteiger partial charge < -0.3 is 10.3 Å². The predicted octanol–water partition coefficient (Wildman–Crippen LogP) is 2.30. The molecule has 5 heteroatoms. The SMILES string of the molecule is CNCc1cn2c(nc3cc(Br)ccc32)[nH]1. The second-order valence-corrected chi connectivity index (χ2v) is 4.66. The highest BCUT2D eigenvalue weighted by atomic mass is 79.9. The summed E-state index contributed by atoms with van der Waals surface area (Å²) < 4.78 is 3.13. The molecule has 3 aromatic rings. The molecule has 82 valence electrons. The smallest absolute Gasteiger partial charge is 0.212 e. The molecule has 2 aromatic heterocycles. The van der Waals surface area contributed by atoms with Crippen LogP contribution in [-0.2, 0) is 6.54 Å². The van der Waals surface area contributed by atoms with Gasteiger partial charge in [-0.15, -0.1) is 0 Å². The van der Waals surface area contributed by atoms with Crippen molar-refractivity contribution in [2.75, 3.05) is 7.05 Å². The number of nitrogens with one attached hydrogen (secondary N) is 2. The van der Waals surface area contributed by atoms with Crippen molar-refractivity contribution in [3.05, 3.63) is 34.6 Å². The molecule has 0 radical (unpaired) electrons. The summed E-state index contributed by atoms with van der Waals surface area (Å²) >= 11 is 3.45. The molecule has 0 aliphatic heterocycles. The molecule has 0 aliphatic carbocycles. The molecular weight excluding hydrogens is 268 g/mol. The third-order valence-electron chi connectivity index (χ3n) is 2.58. The van der Waals surface area contributed by atoms with Crippen molar-refractivity contribution in [1.82, 2.24) is 19.7 Å². The number of benzene rings is 1. The quantitative estimate of drug-likeness (QED) is 0.756. The Kier molecular flexibility index (Phi) is 2.22. The van der Waals surface area contributed by atoms with E-state index in [4.69, 9.17) is 0 Å². The van der Waals surface area contributed by atoms with E-state index >= 15 is 0 Å². The minimum atomic E-state index is 0.821. The van der Waals surface area contributed by atoms with E-state index in [1.807, 2.05) is 19.2 Å². The van der Waals surface area contributed by atoms with Gasteiger partial charge in [0.2, 0.25) is 5.78 Å². The Hall–Kier alpha value is -1.33. The van der Waals surface area contributed by atoms with E-state index in [1.165, 1.54) is 0 Å². The predicted molar refractivity (Wildman–Crippen MR) is 67.5 cm³/mol. The van der Waals surface area contributed by atoms with E-state index in [-0.39, 0.29) is 0 Å². The fraction of sp³-hybridized carbons (Fsp3) is 0.182. The van der Waals surface area contributed by atoms with E-state index in [9.17, 15) is 0 Å². The first-order valence-corrected chi connectivity index (χ1v) is 5.87. The number of rotatable bonds is 2. The number of hydrogen-bond donors (Lipinski definition) is 2. The van der Waals surface area contributed by atoms with E-state index in [2.05, 4.69) is 47.9 Å². The molecule has 16 heavy (non-hydrogen) atoms. The second-order valence-electron chi connectivity index (χ2n) is 3.75. The van der Waals surface area contributed by atoms with Gasteiger partial charge in [-0.05, 0) is 25.2 Å². The third kappa shape index (κ3) is 1.44. The van der Waals surface area contributed by atoms with Crippen molar-refractivity contribution in [3.8, 4) is 0 Å². The van der Waals surface area contributed by atoms with Crippen LogP contribution in [0.2, 0.25) is 0 Å². The Bertz CT molecular complexity index is 652. The molecule has 0 unspecified atom stereocenters. The molecule has 4 nitrogen and oxygen atoms in total. The lowest BCUT2D eigenvalue weighted by molar-refractivity contribution is 0.797. The summed E-state index contributed by atoms with van der Waals surface area (Å²) in [6, 6.07) is 6.12. The first-order chi connectivity index (χ1) is 7.78. The van der Waals surface area contributed by atoms with Crippen molar-refractivity contribution in [2.24, 2.45) is 0 Å². The first-order valence-electron chi connectivity index (χ1n) is 5.08. The van der Waals surface area contributed by atoms with Gasteiger partial charge in [0.1, 0.15) is 0 Å². The molecule has 1 aromatic carbocycles. The second kappa shape index (κ2) is 3.61. The molecule has 0 amide bonds. The normalized spacial score (nSPS) is 11.6. The number of hydrogen-bond acceptors (Lipinski definition) is 2. The van der Waals surface area contributed by atoms with Crippen LogP contribution >= 0.6 is 15.9 Å². The van der Waals surface area contributed by atoms with Crippen molar-refractivity contribution < 1.29 is 0 Å². The zero-order chi connectivity index (χ0) is 11.1. The average Bonchev–Trinajstić information content (AvgIpc) is 2.74. The molecule has 0 bridgehead atoms. The molecule has 2 N–H and O–H groups in total. The first kappa shape index (κ1) is 9.86. The topological polar surface area (TPSA) is 45.1 Å². The number of halogens is 1. The van der Waals surface area contributed by atoms with E-state index < -0.39 is 0 Å². The molecule has 0 spiro atoms. The molecule has 0 aliphatic rings. The van der Waals surface area contributed by atoms with Crippen molar-refractivity contribution in [1.29, 1.82) is 0 Å². The highest BCUT2D eigenvalue weighted by molar-refractivity contribution is 9.10. The largest absolute Gasteiger partial charge is 0.326 e. The van der Waals surface area contributed by atoms with Gasteiger partial charge in [-0.2, -0.15) is 0 Å². The standard InChI is InChI=1S/C11H11BrN4/c1-13-5-8-6-16-10-3-2-7(12)4-9(10)15-11(16)14-8/h2-4,6,13H,5H2,1H3,(H,14,15). The van der Waals surface area contributed by atoms with Crippen molar-refractivity contribution >= 4 is 32.7 Å². The molecular formula is C11H11BrN4. The number of aromatic nitrogens is 3. The van der Waals surface area contributed by atoms with E-state index in [0.29, 0.717) is 0 Å². The van der Waals surface area contributed by atoms with Gasteiger partial charge in [0.15, 0.2) is 0 Å². The summed E-state index contributed by atoms with van der Waals surface area (Å²) in [4.78, 5) is 7.81. The van der Waals surface area contributed by atoms with Crippen LogP contribution in [0.5, 0.6) is 0 Å². The highest BCUT2D eigenvalue weighted by Crippen LogP contribution is 2.21. The zero-order valence-electron chi connectivity index (χ0n) is 8.79. The molecule has 2 heterocycles. The van der Waals surface area contributed by atoms with Crippen LogP contribution in [0, 0.1) is 0 Å². The van der Waals surface area contributed by atoms with Crippen LogP contribution in [0.4, 0.5) is 0 Å². The summed E-state index contributed by atoms with van der Waals surface area (Å²) in [6.45, 7) is 0.821. The number of H-pyrrole nitrogens is 1. The molecule has 0 atom stereocenters. The maximum atomic E-state index is 4.53. The lowest BCUT2D eigenvalue weighted by atomic mass is 10.3. The average molecular weight is 279 g/mol. The van der Waals surface area contributed by atoms with Gasteiger partial charge >= 0.3 is 0 Å². The van der Waals surface area contributed by atoms with Gasteiger partial charge in [-0.3, -0.25) is 4.40 Å². The van der Waals surface area contributed by atoms with Crippen LogP contribution in [0.3, 0.4) is 0 Å². The summed E-state index contributed by atoms with van der Waals surface area (Å²) in [5.74, 6) is 0.887. The summed E-state index contributed by atoms with van der Waals surface area (Å²) in [6.07, 6.45) is 2.08. The van der Waals surface area contributed by atoms with Gasteiger partial charge in [-0.1, -0.05) is 15.9 Å². The number of nitrogens with zero attached hydrogens (tertiary/aromatic N) is 2. The number of fused-ring (bicyclic) bond motifs is 3. The van der Waals surface area contributed by atoms with Crippen molar-refractivity contribution in [2.45, 2.75) is 6.54 Å². The van der Waals surface area contributed by atoms with E-state index in [1.54, 1.807) is 0 Å². The molecule has 0 fully saturated rings. The minimum Gasteiger partial charge on any atom is -0.326 e. The van der Waals surface area contributed by atoms with Crippen LogP contribution in [0.25, 0.3) is 16.8 Å². The minimum absolute atomic E-state index is 0.821.